The lowest BCUT2D eigenvalue weighted by molar-refractivity contribution is -0.0499. The van der Waals surface area contributed by atoms with E-state index in [1.165, 1.54) is 6.07 Å². The van der Waals surface area contributed by atoms with Crippen LogP contribution in [-0.2, 0) is 0 Å². The van der Waals surface area contributed by atoms with E-state index in [0.29, 0.717) is 0 Å². The third kappa shape index (κ3) is 2.37. The molecule has 0 aliphatic carbocycles. The molecule has 0 amide bonds. The van der Waals surface area contributed by atoms with Gasteiger partial charge in [0.2, 0.25) is 0 Å². The van der Waals surface area contributed by atoms with Gasteiger partial charge in [0.05, 0.1) is 5.56 Å². The number of rotatable bonds is 2. The maximum atomic E-state index is 12.6. The van der Waals surface area contributed by atoms with Crippen molar-refractivity contribution in [2.75, 3.05) is 0 Å². The third-order valence-corrected chi connectivity index (χ3v) is 1.28. The van der Waals surface area contributed by atoms with E-state index >= 15 is 0 Å². The van der Waals surface area contributed by atoms with Crippen LogP contribution in [0.2, 0.25) is 0 Å². The Morgan fingerprint density at radius 3 is 2.62 bits per heavy atom. The molecule has 2 nitrogen and oxygen atoms in total. The zero-order valence-corrected chi connectivity index (χ0v) is 6.30. The summed E-state index contributed by atoms with van der Waals surface area (Å²) in [5.41, 5.74) is -0.321. The average molecular weight is 187 g/mol. The van der Waals surface area contributed by atoms with Gasteiger partial charge >= 0.3 is 6.61 Å². The van der Waals surface area contributed by atoms with Crippen molar-refractivity contribution in [2.45, 2.75) is 6.61 Å². The highest BCUT2D eigenvalue weighted by Crippen LogP contribution is 2.17. The standard InChI is InChI=1S/C8H4F3NO/c9-7-2-1-6(13-8(10)11)3-5(7)4-12/h1-3,8H. The molecule has 1 rings (SSSR count). The van der Waals surface area contributed by atoms with Crippen LogP contribution in [0.5, 0.6) is 5.75 Å². The molecule has 5 heteroatoms. The summed E-state index contributed by atoms with van der Waals surface area (Å²) in [6, 6.07) is 4.36. The van der Waals surface area contributed by atoms with Crippen molar-refractivity contribution in [3.8, 4) is 11.8 Å². The molecule has 0 fully saturated rings. The predicted molar refractivity (Wildman–Crippen MR) is 37.7 cm³/mol. The van der Waals surface area contributed by atoms with E-state index in [2.05, 4.69) is 4.74 Å². The lowest BCUT2D eigenvalue weighted by Gasteiger charge is -2.03. The predicted octanol–water partition coefficient (Wildman–Crippen LogP) is 2.30. The summed E-state index contributed by atoms with van der Waals surface area (Å²) in [5.74, 6) is -0.989. The molecular weight excluding hydrogens is 183 g/mol. The molecule has 0 aliphatic rings. The van der Waals surface area contributed by atoms with Crippen LogP contribution >= 0.6 is 0 Å². The largest absolute Gasteiger partial charge is 0.435 e. The third-order valence-electron chi connectivity index (χ3n) is 1.28. The highest BCUT2D eigenvalue weighted by atomic mass is 19.3. The van der Waals surface area contributed by atoms with E-state index in [1.54, 1.807) is 0 Å². The lowest BCUT2D eigenvalue weighted by Crippen LogP contribution is -2.02. The van der Waals surface area contributed by atoms with Crippen molar-refractivity contribution in [3.63, 3.8) is 0 Å². The quantitative estimate of drug-likeness (QED) is 0.711. The van der Waals surface area contributed by atoms with E-state index in [-0.39, 0.29) is 11.3 Å². The summed E-state index contributed by atoms with van der Waals surface area (Å²) in [6.07, 6.45) is 0. The number of nitriles is 1. The van der Waals surface area contributed by atoms with Gasteiger partial charge in [-0.25, -0.2) is 4.39 Å². The Morgan fingerprint density at radius 1 is 1.38 bits per heavy atom. The van der Waals surface area contributed by atoms with Crippen LogP contribution < -0.4 is 4.74 Å². The molecule has 0 atom stereocenters. The summed E-state index contributed by atoms with van der Waals surface area (Å²) in [4.78, 5) is 0. The summed E-state index contributed by atoms with van der Waals surface area (Å²) in [5, 5.41) is 8.34. The smallest absolute Gasteiger partial charge is 0.387 e. The van der Waals surface area contributed by atoms with Gasteiger partial charge in [0.25, 0.3) is 0 Å². The van der Waals surface area contributed by atoms with Crippen LogP contribution in [0.15, 0.2) is 18.2 Å². The first kappa shape index (κ1) is 9.39. The van der Waals surface area contributed by atoms with Crippen molar-refractivity contribution < 1.29 is 17.9 Å². The second kappa shape index (κ2) is 3.81. The molecule has 1 aromatic rings. The van der Waals surface area contributed by atoms with Crippen LogP contribution in [0.4, 0.5) is 13.2 Å². The number of alkyl halides is 2. The molecule has 1 aromatic carbocycles. The van der Waals surface area contributed by atoms with Crippen LogP contribution in [-0.4, -0.2) is 6.61 Å². The molecule has 0 saturated carbocycles. The van der Waals surface area contributed by atoms with Gasteiger partial charge in [-0.2, -0.15) is 14.0 Å². The van der Waals surface area contributed by atoms with E-state index in [9.17, 15) is 13.2 Å². The minimum absolute atomic E-state index is 0.229. The Morgan fingerprint density at radius 2 is 2.08 bits per heavy atom. The minimum atomic E-state index is -2.97. The van der Waals surface area contributed by atoms with Crippen molar-refractivity contribution >= 4 is 0 Å². The molecule has 0 N–H and O–H groups in total. The fraction of sp³-hybridized carbons (Fsp3) is 0.125. The van der Waals surface area contributed by atoms with E-state index in [0.717, 1.165) is 18.2 Å². The SMILES string of the molecule is N#Cc1cc(OC(F)F)ccc1F. The second-order valence-corrected chi connectivity index (χ2v) is 2.13. The molecule has 0 spiro atoms. The van der Waals surface area contributed by atoms with Crippen LogP contribution in [0.25, 0.3) is 0 Å². The molecule has 0 radical (unpaired) electrons. The normalized spacial score (nSPS) is 9.77. The summed E-state index contributed by atoms with van der Waals surface area (Å²) in [6.45, 7) is -2.97. The maximum Gasteiger partial charge on any atom is 0.387 e. The number of halogens is 3. The van der Waals surface area contributed by atoms with Crippen molar-refractivity contribution in [1.82, 2.24) is 0 Å². The topological polar surface area (TPSA) is 33.0 Å². The van der Waals surface area contributed by atoms with Gasteiger partial charge in [0.1, 0.15) is 17.6 Å². The van der Waals surface area contributed by atoms with E-state index in [4.69, 9.17) is 5.26 Å². The number of hydrogen-bond donors (Lipinski definition) is 0. The molecule has 0 aliphatic heterocycles. The first-order valence-corrected chi connectivity index (χ1v) is 3.28. The van der Waals surface area contributed by atoms with E-state index < -0.39 is 12.4 Å². The van der Waals surface area contributed by atoms with E-state index in [1.807, 2.05) is 0 Å². The second-order valence-electron chi connectivity index (χ2n) is 2.13. The number of ether oxygens (including phenoxy) is 1. The molecule has 0 bridgehead atoms. The molecule has 0 aromatic heterocycles. The first-order chi connectivity index (χ1) is 6.13. The Kier molecular flexibility index (Phi) is 2.75. The zero-order valence-electron chi connectivity index (χ0n) is 6.30. The van der Waals surface area contributed by atoms with Gasteiger partial charge in [-0.15, -0.1) is 0 Å². The first-order valence-electron chi connectivity index (χ1n) is 3.28. The number of benzene rings is 1. The molecule has 0 heterocycles. The van der Waals surface area contributed by atoms with Gasteiger partial charge in [-0.3, -0.25) is 0 Å². The highest BCUT2D eigenvalue weighted by Gasteiger charge is 2.07. The van der Waals surface area contributed by atoms with Crippen LogP contribution in [0.1, 0.15) is 5.56 Å². The Balaban J connectivity index is 2.95. The van der Waals surface area contributed by atoms with Gasteiger partial charge in [0, 0.05) is 6.07 Å². The lowest BCUT2D eigenvalue weighted by atomic mass is 10.2. The molecule has 13 heavy (non-hydrogen) atoms. The Labute approximate surface area is 72.2 Å². The summed E-state index contributed by atoms with van der Waals surface area (Å²) in [7, 11) is 0. The van der Waals surface area contributed by atoms with Crippen molar-refractivity contribution in [1.29, 1.82) is 5.26 Å². The minimum Gasteiger partial charge on any atom is -0.435 e. The maximum absolute atomic E-state index is 12.6. The average Bonchev–Trinajstić information content (AvgIpc) is 2.07. The van der Waals surface area contributed by atoms with Crippen LogP contribution in [0.3, 0.4) is 0 Å². The molecule has 0 saturated heterocycles. The van der Waals surface area contributed by atoms with Gasteiger partial charge in [-0.05, 0) is 12.1 Å². The van der Waals surface area contributed by atoms with Gasteiger partial charge < -0.3 is 4.74 Å². The fourth-order valence-electron chi connectivity index (χ4n) is 0.766. The number of hydrogen-bond acceptors (Lipinski definition) is 2. The highest BCUT2D eigenvalue weighted by molar-refractivity contribution is 5.37. The molecular formula is C8H4F3NO. The summed E-state index contributed by atoms with van der Waals surface area (Å²) < 4.78 is 39.9. The van der Waals surface area contributed by atoms with Gasteiger partial charge in [-0.1, -0.05) is 0 Å². The van der Waals surface area contributed by atoms with Crippen molar-refractivity contribution in [2.24, 2.45) is 0 Å². The Hall–Kier alpha value is -1.70. The van der Waals surface area contributed by atoms with Gasteiger partial charge in [0.15, 0.2) is 0 Å². The number of nitrogens with zero attached hydrogens (tertiary/aromatic N) is 1. The fourth-order valence-corrected chi connectivity index (χ4v) is 0.766. The zero-order chi connectivity index (χ0) is 9.84. The monoisotopic (exact) mass is 187 g/mol. The molecule has 68 valence electrons. The van der Waals surface area contributed by atoms with Crippen LogP contribution in [0, 0.1) is 17.1 Å². The Bertz CT molecular complexity index is 346. The molecule has 0 unspecified atom stereocenters. The van der Waals surface area contributed by atoms with Crippen molar-refractivity contribution in [3.05, 3.63) is 29.6 Å². The summed E-state index contributed by atoms with van der Waals surface area (Å²) >= 11 is 0.